The van der Waals surface area contributed by atoms with E-state index in [0.29, 0.717) is 43.8 Å². The molecule has 2 aliphatic heterocycles. The number of halogens is 1. The van der Waals surface area contributed by atoms with Gasteiger partial charge in [0.1, 0.15) is 22.6 Å². The Bertz CT molecular complexity index is 995. The van der Waals surface area contributed by atoms with E-state index in [9.17, 15) is 12.8 Å². The van der Waals surface area contributed by atoms with Crippen molar-refractivity contribution in [3.63, 3.8) is 0 Å². The molecule has 0 amide bonds. The fourth-order valence-electron chi connectivity index (χ4n) is 4.43. The Balaban J connectivity index is 1.63. The molecule has 2 aromatic rings. The van der Waals surface area contributed by atoms with Crippen molar-refractivity contribution in [1.29, 1.82) is 0 Å². The number of para-hydroxylation sites is 1. The number of hydrogen-bond donors (Lipinski definition) is 0. The number of nitrogens with zero attached hydrogens (tertiary/aromatic N) is 2. The number of likely N-dealkylation sites (tertiary alicyclic amines) is 1. The molecule has 0 aromatic heterocycles. The summed E-state index contributed by atoms with van der Waals surface area (Å²) in [5.41, 5.74) is 0.664. The van der Waals surface area contributed by atoms with E-state index in [4.69, 9.17) is 4.74 Å². The zero-order chi connectivity index (χ0) is 21.3. The first-order valence-corrected chi connectivity index (χ1v) is 12.0. The lowest BCUT2D eigenvalue weighted by molar-refractivity contribution is 0.108. The van der Waals surface area contributed by atoms with Crippen LogP contribution in [0.1, 0.15) is 32.3 Å². The van der Waals surface area contributed by atoms with E-state index in [1.807, 2.05) is 26.0 Å². The fraction of sp³-hybridized carbons (Fsp3) is 0.478. The number of rotatable bonds is 4. The molecule has 2 aromatic carbocycles. The van der Waals surface area contributed by atoms with Crippen molar-refractivity contribution in [2.75, 3.05) is 19.6 Å². The molecule has 2 aliphatic rings. The van der Waals surface area contributed by atoms with Crippen LogP contribution in [0.15, 0.2) is 53.4 Å². The van der Waals surface area contributed by atoms with Gasteiger partial charge in [-0.3, -0.25) is 4.90 Å². The maximum absolute atomic E-state index is 14.1. The SMILES string of the molecule is CC(C)CN1[C@@H]2CCN(Cc3ccccc3F)CC[C@H]2Oc2ccccc2S1(=O)=O. The molecule has 1 saturated heterocycles. The Morgan fingerprint density at radius 1 is 1.07 bits per heavy atom. The average Bonchev–Trinajstić information content (AvgIpc) is 2.94. The lowest BCUT2D eigenvalue weighted by Gasteiger charge is -2.32. The zero-order valence-corrected chi connectivity index (χ0v) is 18.3. The van der Waals surface area contributed by atoms with Gasteiger partial charge in [-0.1, -0.05) is 44.2 Å². The highest BCUT2D eigenvalue weighted by Crippen LogP contribution is 2.37. The summed E-state index contributed by atoms with van der Waals surface area (Å²) in [6, 6.07) is 13.5. The number of benzene rings is 2. The van der Waals surface area contributed by atoms with E-state index in [0.717, 1.165) is 6.54 Å². The summed E-state index contributed by atoms with van der Waals surface area (Å²) in [7, 11) is -3.65. The summed E-state index contributed by atoms with van der Waals surface area (Å²) in [6.07, 6.45) is 1.11. The molecular weight excluding hydrogens is 403 g/mol. The normalized spacial score (nSPS) is 24.4. The van der Waals surface area contributed by atoms with Gasteiger partial charge in [-0.05, 0) is 37.0 Å². The fourth-order valence-corrected chi connectivity index (χ4v) is 6.39. The Labute approximate surface area is 178 Å². The number of ether oxygens (including phenoxy) is 1. The van der Waals surface area contributed by atoms with E-state index in [1.165, 1.54) is 6.07 Å². The molecule has 0 saturated carbocycles. The molecular formula is C23H29FN2O3S. The first-order chi connectivity index (χ1) is 14.4. The summed E-state index contributed by atoms with van der Waals surface area (Å²) in [4.78, 5) is 2.45. The van der Waals surface area contributed by atoms with Gasteiger partial charge in [-0.15, -0.1) is 0 Å². The van der Waals surface area contributed by atoms with Crippen molar-refractivity contribution >= 4 is 10.0 Å². The standard InChI is InChI=1S/C23H29FN2O3S/c1-17(2)15-26-20-11-13-25(16-18-7-3-4-8-19(18)24)14-12-21(20)29-22-9-5-6-10-23(22)30(26,27)28/h3-10,17,20-21H,11-16H2,1-2H3/t20-,21-/m1/s1. The second-order valence-corrected chi connectivity index (χ2v) is 10.4. The molecule has 0 spiro atoms. The third kappa shape index (κ3) is 4.24. The zero-order valence-electron chi connectivity index (χ0n) is 17.5. The second kappa shape index (κ2) is 8.65. The molecule has 4 rings (SSSR count). The molecule has 0 N–H and O–H groups in total. The summed E-state index contributed by atoms with van der Waals surface area (Å²) in [5, 5.41) is 0. The monoisotopic (exact) mass is 432 g/mol. The first-order valence-electron chi connectivity index (χ1n) is 10.6. The van der Waals surface area contributed by atoms with Gasteiger partial charge in [0, 0.05) is 31.7 Å². The van der Waals surface area contributed by atoms with Gasteiger partial charge in [0.2, 0.25) is 10.0 Å². The molecule has 1 fully saturated rings. The van der Waals surface area contributed by atoms with Crippen molar-refractivity contribution in [2.24, 2.45) is 5.92 Å². The second-order valence-electron chi connectivity index (χ2n) is 8.58. The number of sulfonamides is 1. The summed E-state index contributed by atoms with van der Waals surface area (Å²) in [6.45, 7) is 6.45. The van der Waals surface area contributed by atoms with Crippen LogP contribution in [0.5, 0.6) is 5.75 Å². The maximum atomic E-state index is 14.1. The maximum Gasteiger partial charge on any atom is 0.247 e. The Hall–Kier alpha value is -1.96. The average molecular weight is 433 g/mol. The van der Waals surface area contributed by atoms with Crippen molar-refractivity contribution < 1.29 is 17.5 Å². The molecule has 0 radical (unpaired) electrons. The van der Waals surface area contributed by atoms with Crippen LogP contribution in [0, 0.1) is 11.7 Å². The van der Waals surface area contributed by atoms with E-state index in [1.54, 1.807) is 34.6 Å². The Morgan fingerprint density at radius 3 is 2.53 bits per heavy atom. The largest absolute Gasteiger partial charge is 0.487 e. The van der Waals surface area contributed by atoms with Crippen LogP contribution in [0.2, 0.25) is 0 Å². The summed E-state index contributed by atoms with van der Waals surface area (Å²) < 4.78 is 49.1. The quantitative estimate of drug-likeness (QED) is 0.735. The highest BCUT2D eigenvalue weighted by Gasteiger charge is 2.43. The van der Waals surface area contributed by atoms with Gasteiger partial charge in [0.05, 0.1) is 6.04 Å². The minimum Gasteiger partial charge on any atom is -0.487 e. The van der Waals surface area contributed by atoms with Crippen molar-refractivity contribution in [2.45, 2.75) is 50.3 Å². The number of fused-ring (bicyclic) bond motifs is 2. The topological polar surface area (TPSA) is 49.9 Å². The van der Waals surface area contributed by atoms with Crippen molar-refractivity contribution in [3.05, 3.63) is 59.9 Å². The van der Waals surface area contributed by atoms with Crippen LogP contribution in [0.25, 0.3) is 0 Å². The van der Waals surface area contributed by atoms with Gasteiger partial charge in [-0.25, -0.2) is 12.8 Å². The van der Waals surface area contributed by atoms with Gasteiger partial charge >= 0.3 is 0 Å². The van der Waals surface area contributed by atoms with E-state index >= 15 is 0 Å². The van der Waals surface area contributed by atoms with Crippen LogP contribution >= 0.6 is 0 Å². The van der Waals surface area contributed by atoms with Crippen LogP contribution in [0.3, 0.4) is 0 Å². The molecule has 0 aliphatic carbocycles. The lowest BCUT2D eigenvalue weighted by atomic mass is 10.0. The van der Waals surface area contributed by atoms with Crippen LogP contribution in [0.4, 0.5) is 4.39 Å². The highest BCUT2D eigenvalue weighted by molar-refractivity contribution is 7.89. The van der Waals surface area contributed by atoms with Gasteiger partial charge in [0.15, 0.2) is 0 Å². The molecule has 30 heavy (non-hydrogen) atoms. The summed E-state index contributed by atoms with van der Waals surface area (Å²) in [5.74, 6) is 0.426. The Morgan fingerprint density at radius 2 is 1.77 bits per heavy atom. The van der Waals surface area contributed by atoms with Gasteiger partial charge < -0.3 is 4.74 Å². The first kappa shape index (κ1) is 21.3. The van der Waals surface area contributed by atoms with Crippen molar-refractivity contribution in [3.8, 4) is 5.75 Å². The van der Waals surface area contributed by atoms with Crippen LogP contribution in [-0.4, -0.2) is 49.4 Å². The predicted octanol–water partition coefficient (Wildman–Crippen LogP) is 3.90. The molecule has 7 heteroatoms. The molecule has 2 heterocycles. The van der Waals surface area contributed by atoms with Crippen LogP contribution in [-0.2, 0) is 16.6 Å². The third-order valence-electron chi connectivity index (χ3n) is 5.88. The lowest BCUT2D eigenvalue weighted by Crippen LogP contribution is -2.48. The smallest absolute Gasteiger partial charge is 0.247 e. The predicted molar refractivity (Wildman–Crippen MR) is 114 cm³/mol. The van der Waals surface area contributed by atoms with Gasteiger partial charge in [0.25, 0.3) is 0 Å². The van der Waals surface area contributed by atoms with Gasteiger partial charge in [-0.2, -0.15) is 4.31 Å². The van der Waals surface area contributed by atoms with Crippen LogP contribution < -0.4 is 4.74 Å². The Kier molecular flexibility index (Phi) is 6.14. The van der Waals surface area contributed by atoms with E-state index < -0.39 is 10.0 Å². The molecule has 2 atom stereocenters. The molecule has 162 valence electrons. The summed E-state index contributed by atoms with van der Waals surface area (Å²) >= 11 is 0. The molecule has 5 nitrogen and oxygen atoms in total. The minimum atomic E-state index is -3.65. The molecule has 0 unspecified atom stereocenters. The van der Waals surface area contributed by atoms with E-state index in [-0.39, 0.29) is 28.8 Å². The van der Waals surface area contributed by atoms with E-state index in [2.05, 4.69) is 4.90 Å². The van der Waals surface area contributed by atoms with Crippen molar-refractivity contribution in [1.82, 2.24) is 9.21 Å². The third-order valence-corrected chi connectivity index (χ3v) is 7.81. The highest BCUT2D eigenvalue weighted by atomic mass is 32.2. The minimum absolute atomic E-state index is 0.198. The molecule has 0 bridgehead atoms. The number of hydrogen-bond acceptors (Lipinski definition) is 4.